The summed E-state index contributed by atoms with van der Waals surface area (Å²) in [5.41, 5.74) is 4.81. The van der Waals surface area contributed by atoms with Crippen molar-refractivity contribution in [3.8, 4) is 0 Å². The highest BCUT2D eigenvalue weighted by molar-refractivity contribution is 5.94. The zero-order chi connectivity index (χ0) is 26.4. The van der Waals surface area contributed by atoms with Crippen LogP contribution in [0.2, 0.25) is 0 Å². The Morgan fingerprint density at radius 3 is 2.42 bits per heavy atom. The van der Waals surface area contributed by atoms with Crippen molar-refractivity contribution in [3.05, 3.63) is 47.0 Å². The van der Waals surface area contributed by atoms with Crippen LogP contribution in [0.15, 0.2) is 24.5 Å². The highest BCUT2D eigenvalue weighted by Gasteiger charge is 2.36. The smallest absolute Gasteiger partial charge is 0.253 e. The van der Waals surface area contributed by atoms with E-state index in [-0.39, 0.29) is 12.0 Å². The van der Waals surface area contributed by atoms with Crippen molar-refractivity contribution in [1.82, 2.24) is 24.4 Å². The first-order chi connectivity index (χ1) is 18.4. The molecule has 0 bridgehead atoms. The van der Waals surface area contributed by atoms with E-state index in [9.17, 15) is 9.90 Å². The summed E-state index contributed by atoms with van der Waals surface area (Å²) in [6.07, 6.45) is 12.0. The molecule has 8 nitrogen and oxygen atoms in total. The van der Waals surface area contributed by atoms with E-state index in [2.05, 4.69) is 28.0 Å². The first-order valence-corrected chi connectivity index (χ1v) is 14.5. The van der Waals surface area contributed by atoms with Gasteiger partial charge < -0.3 is 19.9 Å². The molecular formula is C30H40N6O2. The number of aliphatic hydroxyl groups is 1. The van der Waals surface area contributed by atoms with Crippen LogP contribution in [0.4, 0.5) is 5.95 Å². The molecule has 2 atom stereocenters. The van der Waals surface area contributed by atoms with Gasteiger partial charge in [-0.05, 0) is 88.3 Å². The number of likely N-dealkylation sites (tertiary alicyclic amines) is 1. The van der Waals surface area contributed by atoms with Gasteiger partial charge in [0.25, 0.3) is 5.91 Å². The number of pyridine rings is 1. The molecule has 3 aromatic heterocycles. The lowest BCUT2D eigenvalue weighted by Crippen LogP contribution is -2.38. The van der Waals surface area contributed by atoms with Crippen molar-refractivity contribution in [2.75, 3.05) is 18.4 Å². The molecule has 3 fully saturated rings. The molecule has 0 aromatic carbocycles. The minimum absolute atomic E-state index is 0.102. The van der Waals surface area contributed by atoms with Crippen molar-refractivity contribution in [3.63, 3.8) is 0 Å². The molecule has 1 saturated heterocycles. The zero-order valence-electron chi connectivity index (χ0n) is 22.9. The van der Waals surface area contributed by atoms with E-state index < -0.39 is 0 Å². The van der Waals surface area contributed by atoms with Gasteiger partial charge in [0.2, 0.25) is 5.95 Å². The highest BCUT2D eigenvalue weighted by Crippen LogP contribution is 2.39. The van der Waals surface area contributed by atoms with Crippen LogP contribution >= 0.6 is 0 Å². The van der Waals surface area contributed by atoms with Gasteiger partial charge in [0, 0.05) is 59.9 Å². The van der Waals surface area contributed by atoms with Gasteiger partial charge in [0.1, 0.15) is 5.65 Å². The molecule has 1 aliphatic heterocycles. The van der Waals surface area contributed by atoms with E-state index in [0.717, 1.165) is 91.5 Å². The highest BCUT2D eigenvalue weighted by atomic mass is 16.3. The van der Waals surface area contributed by atoms with E-state index >= 15 is 0 Å². The molecule has 1 amide bonds. The number of aromatic nitrogens is 4. The number of nitrogens with zero attached hydrogens (tertiary/aromatic N) is 5. The van der Waals surface area contributed by atoms with Crippen molar-refractivity contribution >= 4 is 22.9 Å². The average molecular weight is 517 g/mol. The molecule has 4 heterocycles. The Bertz CT molecular complexity index is 1300. The first kappa shape index (κ1) is 25.3. The molecule has 3 aliphatic rings. The summed E-state index contributed by atoms with van der Waals surface area (Å²) in [5, 5.41) is 14.8. The third-order valence-electron chi connectivity index (χ3n) is 8.97. The number of aliphatic hydroxyl groups excluding tert-OH is 1. The lowest BCUT2D eigenvalue weighted by atomic mass is 9.89. The molecular weight excluding hydrogens is 476 g/mol. The Morgan fingerprint density at radius 2 is 1.76 bits per heavy atom. The van der Waals surface area contributed by atoms with Crippen LogP contribution in [-0.2, 0) is 0 Å². The minimum Gasteiger partial charge on any atom is -0.393 e. The number of aryl methyl sites for hydroxylation is 2. The van der Waals surface area contributed by atoms with Crippen LogP contribution in [0.5, 0.6) is 0 Å². The summed E-state index contributed by atoms with van der Waals surface area (Å²) < 4.78 is 2.37. The number of piperidine rings is 1. The fraction of sp³-hybridized carbons (Fsp3) is 0.600. The maximum absolute atomic E-state index is 13.2. The Balaban J connectivity index is 1.24. The van der Waals surface area contributed by atoms with Gasteiger partial charge in [-0.1, -0.05) is 13.3 Å². The number of fused-ring (bicyclic) bond motifs is 1. The molecule has 38 heavy (non-hydrogen) atoms. The molecule has 6 rings (SSSR count). The van der Waals surface area contributed by atoms with E-state index in [1.807, 2.05) is 37.1 Å². The van der Waals surface area contributed by atoms with E-state index in [0.29, 0.717) is 18.0 Å². The monoisotopic (exact) mass is 516 g/mol. The SMILES string of the molecule is CC[C@H]1C[C@@H]1Nc1ncc2c(C3CCN(C(=O)c4cc(C)nc(C)c4)CC3)cn(C3CCC(O)CC3)c2n1. The van der Waals surface area contributed by atoms with Crippen LogP contribution < -0.4 is 5.32 Å². The van der Waals surface area contributed by atoms with Crippen LogP contribution in [-0.4, -0.2) is 60.7 Å². The van der Waals surface area contributed by atoms with E-state index in [1.54, 1.807) is 0 Å². The summed E-state index contributed by atoms with van der Waals surface area (Å²) >= 11 is 0. The van der Waals surface area contributed by atoms with Gasteiger partial charge in [-0.15, -0.1) is 0 Å². The summed E-state index contributed by atoms with van der Waals surface area (Å²) in [6, 6.07) is 4.62. The topological polar surface area (TPSA) is 96.2 Å². The third-order valence-corrected chi connectivity index (χ3v) is 8.97. The molecule has 2 aliphatic carbocycles. The van der Waals surface area contributed by atoms with Crippen LogP contribution in [0.25, 0.3) is 11.0 Å². The number of carbonyl (C=O) groups is 1. The molecule has 0 unspecified atom stereocenters. The minimum atomic E-state index is -0.185. The summed E-state index contributed by atoms with van der Waals surface area (Å²) in [7, 11) is 0. The number of hydrogen-bond donors (Lipinski definition) is 2. The Labute approximate surface area is 224 Å². The first-order valence-electron chi connectivity index (χ1n) is 14.5. The van der Waals surface area contributed by atoms with Gasteiger partial charge in [0.05, 0.1) is 6.10 Å². The molecule has 2 N–H and O–H groups in total. The molecule has 0 radical (unpaired) electrons. The standard InChI is InChI=1S/C30H40N6O2/c1-4-20-15-27(20)33-30-31-16-25-26(17-36(28(25)34-30)23-5-7-24(37)8-6-23)21-9-11-35(12-10-21)29(38)22-13-18(2)32-19(3)14-22/h13-14,16-17,20-21,23-24,27,37H,4-12,15H2,1-3H3,(H,31,33,34)/t20-,23?,24?,27-/m0/s1. The molecule has 3 aromatic rings. The van der Waals surface area contributed by atoms with Gasteiger partial charge in [-0.2, -0.15) is 4.98 Å². The summed E-state index contributed by atoms with van der Waals surface area (Å²) in [6.45, 7) is 7.60. The Hall–Kier alpha value is -3.00. The predicted octanol–water partition coefficient (Wildman–Crippen LogP) is 5.15. The Morgan fingerprint density at radius 1 is 1.05 bits per heavy atom. The van der Waals surface area contributed by atoms with Crippen molar-refractivity contribution in [1.29, 1.82) is 0 Å². The number of carbonyl (C=O) groups excluding carboxylic acids is 1. The van der Waals surface area contributed by atoms with E-state index in [4.69, 9.17) is 9.97 Å². The van der Waals surface area contributed by atoms with Crippen LogP contribution in [0.1, 0.15) is 97.6 Å². The van der Waals surface area contributed by atoms with E-state index in [1.165, 1.54) is 18.4 Å². The lowest BCUT2D eigenvalue weighted by molar-refractivity contribution is 0.0712. The fourth-order valence-corrected chi connectivity index (χ4v) is 6.64. The second-order valence-electron chi connectivity index (χ2n) is 11.7. The maximum Gasteiger partial charge on any atom is 0.253 e. The van der Waals surface area contributed by atoms with Crippen molar-refractivity contribution in [2.45, 2.75) is 96.2 Å². The van der Waals surface area contributed by atoms with Crippen LogP contribution in [0.3, 0.4) is 0 Å². The number of anilines is 1. The van der Waals surface area contributed by atoms with Gasteiger partial charge in [0.15, 0.2) is 0 Å². The van der Waals surface area contributed by atoms with Crippen LogP contribution in [0, 0.1) is 19.8 Å². The Kier molecular flexibility index (Phi) is 6.84. The average Bonchev–Trinajstić information content (AvgIpc) is 3.57. The van der Waals surface area contributed by atoms with Gasteiger partial charge >= 0.3 is 0 Å². The normalized spacial score (nSPS) is 26.1. The number of nitrogens with one attached hydrogen (secondary N) is 1. The van der Waals surface area contributed by atoms with Gasteiger partial charge in [-0.3, -0.25) is 9.78 Å². The molecule has 2 saturated carbocycles. The molecule has 202 valence electrons. The molecule has 0 spiro atoms. The van der Waals surface area contributed by atoms with Crippen molar-refractivity contribution < 1.29 is 9.90 Å². The zero-order valence-corrected chi connectivity index (χ0v) is 22.9. The number of hydrogen-bond acceptors (Lipinski definition) is 6. The summed E-state index contributed by atoms with van der Waals surface area (Å²) in [5.74, 6) is 1.92. The van der Waals surface area contributed by atoms with Crippen molar-refractivity contribution in [2.24, 2.45) is 5.92 Å². The fourth-order valence-electron chi connectivity index (χ4n) is 6.64. The molecule has 8 heteroatoms. The maximum atomic E-state index is 13.2. The summed E-state index contributed by atoms with van der Waals surface area (Å²) in [4.78, 5) is 29.4. The quantitative estimate of drug-likeness (QED) is 0.470. The second kappa shape index (κ2) is 10.3. The second-order valence-corrected chi connectivity index (χ2v) is 11.7. The number of rotatable bonds is 6. The third kappa shape index (κ3) is 5.03. The van der Waals surface area contributed by atoms with Gasteiger partial charge in [-0.25, -0.2) is 4.98 Å². The largest absolute Gasteiger partial charge is 0.393 e. The predicted molar refractivity (Wildman–Crippen MR) is 148 cm³/mol. The number of amides is 1. The lowest BCUT2D eigenvalue weighted by Gasteiger charge is -2.32.